The Bertz CT molecular complexity index is 1140. The van der Waals surface area contributed by atoms with Gasteiger partial charge in [0.15, 0.2) is 18.1 Å². The van der Waals surface area contributed by atoms with Crippen LogP contribution in [0.3, 0.4) is 0 Å². The van der Waals surface area contributed by atoms with Gasteiger partial charge in [-0.3, -0.25) is 14.4 Å². The Kier molecular flexibility index (Phi) is 10.6. The number of hydrazone groups is 1. The molecule has 0 radical (unpaired) electrons. The molecule has 2 aromatic rings. The number of halogens is 3. The molecule has 1 aliphatic heterocycles. The number of benzene rings is 2. The molecule has 0 unspecified atom stereocenters. The summed E-state index contributed by atoms with van der Waals surface area (Å²) in [6, 6.07) is 8.01. The maximum absolute atomic E-state index is 12.3. The highest BCUT2D eigenvalue weighted by molar-refractivity contribution is 14.1. The van der Waals surface area contributed by atoms with E-state index in [0.717, 1.165) is 12.8 Å². The maximum atomic E-state index is 12.3. The summed E-state index contributed by atoms with van der Waals surface area (Å²) >= 11 is 13.9. The first-order valence-electron chi connectivity index (χ1n) is 10.7. The summed E-state index contributed by atoms with van der Waals surface area (Å²) in [5, 5.41) is 9.78. The largest absolute Gasteiger partial charge is 0.493 e. The molecule has 1 saturated heterocycles. The molecule has 13 heteroatoms. The highest BCUT2D eigenvalue weighted by atomic mass is 127. The number of carbonyl (C=O) groups is 3. The van der Waals surface area contributed by atoms with E-state index in [1.165, 1.54) is 13.3 Å². The van der Waals surface area contributed by atoms with Crippen molar-refractivity contribution in [3.8, 4) is 11.5 Å². The van der Waals surface area contributed by atoms with E-state index in [9.17, 15) is 14.4 Å². The second-order valence-electron chi connectivity index (χ2n) is 7.57. The number of hydrogen-bond acceptors (Lipinski definition) is 7. The van der Waals surface area contributed by atoms with Crippen LogP contribution in [-0.4, -0.2) is 56.9 Å². The van der Waals surface area contributed by atoms with Gasteiger partial charge >= 0.3 is 11.8 Å². The number of nitrogens with zero attached hydrogens (tertiary/aromatic N) is 1. The van der Waals surface area contributed by atoms with Gasteiger partial charge in [-0.1, -0.05) is 23.2 Å². The summed E-state index contributed by atoms with van der Waals surface area (Å²) in [6.45, 7) is 0.646. The van der Waals surface area contributed by atoms with Crippen LogP contribution in [0, 0.1) is 3.57 Å². The lowest BCUT2D eigenvalue weighted by molar-refractivity contribution is -0.139. The number of amides is 3. The highest BCUT2D eigenvalue weighted by Gasteiger charge is 2.19. The van der Waals surface area contributed by atoms with Gasteiger partial charge in [-0.25, -0.2) is 5.43 Å². The Morgan fingerprint density at radius 3 is 2.58 bits per heavy atom. The summed E-state index contributed by atoms with van der Waals surface area (Å²) in [5.74, 6) is -1.40. The number of hydrogen-bond donors (Lipinski definition) is 3. The second-order valence-corrected chi connectivity index (χ2v) is 9.61. The summed E-state index contributed by atoms with van der Waals surface area (Å²) in [5.41, 5.74) is 3.19. The van der Waals surface area contributed by atoms with Gasteiger partial charge in [-0.05, 0) is 71.3 Å². The molecule has 10 nitrogen and oxygen atoms in total. The van der Waals surface area contributed by atoms with Gasteiger partial charge in [0, 0.05) is 28.9 Å². The predicted octanol–water partition coefficient (Wildman–Crippen LogP) is 3.37. The number of rotatable bonds is 9. The van der Waals surface area contributed by atoms with Crippen LogP contribution in [0.1, 0.15) is 18.4 Å². The van der Waals surface area contributed by atoms with E-state index in [1.807, 2.05) is 22.6 Å². The molecule has 1 aliphatic rings. The van der Waals surface area contributed by atoms with E-state index in [0.29, 0.717) is 43.0 Å². The standard InChI is InChI=1S/C23H23Cl2IN4O6/c1-34-19-6-13(10-28-30-23(33)22(32)27-11-17-3-2-4-35-17)5-18(26)21(19)36-12-20(31)29-16-8-14(24)7-15(25)9-16/h5-10,17H,2-4,11-12H2,1H3,(H,27,32)(H,29,31)(H,30,33)/b28-10-/t17-/m0/s1. The van der Waals surface area contributed by atoms with E-state index >= 15 is 0 Å². The van der Waals surface area contributed by atoms with Crippen molar-refractivity contribution in [1.29, 1.82) is 0 Å². The zero-order valence-electron chi connectivity index (χ0n) is 19.1. The van der Waals surface area contributed by atoms with E-state index in [4.69, 9.17) is 37.4 Å². The third-order valence-electron chi connectivity index (χ3n) is 4.85. The molecule has 3 rings (SSSR count). The number of ether oxygens (including phenoxy) is 3. The van der Waals surface area contributed by atoms with Crippen LogP contribution in [-0.2, 0) is 19.1 Å². The number of anilines is 1. The highest BCUT2D eigenvalue weighted by Crippen LogP contribution is 2.33. The smallest absolute Gasteiger partial charge is 0.329 e. The third-order valence-corrected chi connectivity index (χ3v) is 6.08. The van der Waals surface area contributed by atoms with Gasteiger partial charge in [0.1, 0.15) is 0 Å². The van der Waals surface area contributed by atoms with Crippen LogP contribution in [0.2, 0.25) is 10.0 Å². The van der Waals surface area contributed by atoms with Crippen molar-refractivity contribution in [2.24, 2.45) is 5.10 Å². The van der Waals surface area contributed by atoms with Crippen molar-refractivity contribution >= 4 is 75.4 Å². The van der Waals surface area contributed by atoms with Crippen LogP contribution >= 0.6 is 45.8 Å². The number of carbonyl (C=O) groups excluding carboxylic acids is 3. The van der Waals surface area contributed by atoms with Gasteiger partial charge in [-0.2, -0.15) is 5.10 Å². The Hall–Kier alpha value is -2.61. The van der Waals surface area contributed by atoms with Crippen LogP contribution in [0.4, 0.5) is 5.69 Å². The lowest BCUT2D eigenvalue weighted by atomic mass is 10.2. The minimum absolute atomic E-state index is 0.0677. The third kappa shape index (κ3) is 8.50. The molecular weight excluding hydrogens is 626 g/mol. The molecule has 0 spiro atoms. The zero-order chi connectivity index (χ0) is 26.1. The van der Waals surface area contributed by atoms with Gasteiger partial charge in [0.25, 0.3) is 5.91 Å². The molecule has 1 atom stereocenters. The van der Waals surface area contributed by atoms with Gasteiger partial charge in [0.05, 0.1) is 23.0 Å². The molecule has 3 amide bonds. The van der Waals surface area contributed by atoms with Crippen molar-refractivity contribution in [2.75, 3.05) is 32.2 Å². The lowest BCUT2D eigenvalue weighted by Crippen LogP contribution is -2.41. The van der Waals surface area contributed by atoms with Gasteiger partial charge in [0.2, 0.25) is 0 Å². The first-order chi connectivity index (χ1) is 17.2. The van der Waals surface area contributed by atoms with Gasteiger partial charge < -0.3 is 24.8 Å². The Morgan fingerprint density at radius 1 is 1.17 bits per heavy atom. The monoisotopic (exact) mass is 648 g/mol. The van der Waals surface area contributed by atoms with E-state index in [2.05, 4.69) is 21.2 Å². The fourth-order valence-electron chi connectivity index (χ4n) is 3.22. The van der Waals surface area contributed by atoms with Crippen molar-refractivity contribution in [3.05, 3.63) is 49.5 Å². The minimum atomic E-state index is -0.891. The normalized spacial score (nSPS) is 14.9. The van der Waals surface area contributed by atoms with E-state index in [1.54, 1.807) is 30.3 Å². The van der Waals surface area contributed by atoms with Crippen molar-refractivity contribution in [2.45, 2.75) is 18.9 Å². The summed E-state index contributed by atoms with van der Waals surface area (Å²) in [4.78, 5) is 36.1. The average molecular weight is 649 g/mol. The molecule has 1 fully saturated rings. The summed E-state index contributed by atoms with van der Waals surface area (Å²) < 4.78 is 17.1. The van der Waals surface area contributed by atoms with E-state index in [-0.39, 0.29) is 19.3 Å². The number of methoxy groups -OCH3 is 1. The predicted molar refractivity (Wildman–Crippen MR) is 144 cm³/mol. The molecule has 36 heavy (non-hydrogen) atoms. The minimum Gasteiger partial charge on any atom is -0.493 e. The van der Waals surface area contributed by atoms with Crippen LogP contribution in [0.15, 0.2) is 35.4 Å². The molecule has 192 valence electrons. The fourth-order valence-corrected chi connectivity index (χ4v) is 4.53. The Labute approximate surface area is 231 Å². The quantitative estimate of drug-likeness (QED) is 0.166. The lowest BCUT2D eigenvalue weighted by Gasteiger charge is -2.13. The van der Waals surface area contributed by atoms with Crippen LogP contribution < -0.4 is 25.5 Å². The molecular formula is C23H23Cl2IN4O6. The first kappa shape index (κ1) is 28.0. The SMILES string of the molecule is COc1cc(/C=N\NC(=O)C(=O)NC[C@@H]2CCCO2)cc(I)c1OCC(=O)Nc1cc(Cl)cc(Cl)c1. The maximum Gasteiger partial charge on any atom is 0.329 e. The topological polar surface area (TPSA) is 127 Å². The van der Waals surface area contributed by atoms with E-state index < -0.39 is 17.7 Å². The van der Waals surface area contributed by atoms with Crippen molar-refractivity contribution in [3.63, 3.8) is 0 Å². The molecule has 2 aromatic carbocycles. The molecule has 0 saturated carbocycles. The summed E-state index contributed by atoms with van der Waals surface area (Å²) in [6.07, 6.45) is 3.08. The molecule has 0 aliphatic carbocycles. The Balaban J connectivity index is 1.54. The Morgan fingerprint density at radius 2 is 1.92 bits per heavy atom. The van der Waals surface area contributed by atoms with Gasteiger partial charge in [-0.15, -0.1) is 0 Å². The molecule has 0 bridgehead atoms. The fraction of sp³-hybridized carbons (Fsp3) is 0.304. The van der Waals surface area contributed by atoms with Crippen LogP contribution in [0.5, 0.6) is 11.5 Å². The average Bonchev–Trinajstić information content (AvgIpc) is 3.34. The van der Waals surface area contributed by atoms with Crippen molar-refractivity contribution in [1.82, 2.24) is 10.7 Å². The second kappa shape index (κ2) is 13.6. The molecule has 3 N–H and O–H groups in total. The van der Waals surface area contributed by atoms with Crippen molar-refractivity contribution < 1.29 is 28.6 Å². The first-order valence-corrected chi connectivity index (χ1v) is 12.6. The van der Waals surface area contributed by atoms with Crippen LogP contribution in [0.25, 0.3) is 0 Å². The molecule has 1 heterocycles. The zero-order valence-corrected chi connectivity index (χ0v) is 22.8. The summed E-state index contributed by atoms with van der Waals surface area (Å²) in [7, 11) is 1.45. The molecule has 0 aromatic heterocycles. The number of nitrogens with one attached hydrogen (secondary N) is 3.